The van der Waals surface area contributed by atoms with Crippen LogP contribution in [0.15, 0.2) is 30.3 Å². The lowest BCUT2D eigenvalue weighted by atomic mass is 9.37. The summed E-state index contributed by atoms with van der Waals surface area (Å²) in [4.78, 5) is 16.6. The first-order chi connectivity index (χ1) is 14.5. The van der Waals surface area contributed by atoms with Crippen molar-refractivity contribution in [1.29, 1.82) is 0 Å². The molecule has 0 amide bonds. The van der Waals surface area contributed by atoms with Gasteiger partial charge in [0.05, 0.1) is 6.67 Å². The zero-order valence-electron chi connectivity index (χ0n) is 18.3. The minimum Gasteiger partial charge on any atom is -0.303 e. The maximum Gasteiger partial charge on any atom is 0.139 e. The molecule has 8 rings (SSSR count). The Bertz CT molecular complexity index is 817. The van der Waals surface area contributed by atoms with Crippen molar-refractivity contribution < 1.29 is 9.18 Å². The van der Waals surface area contributed by atoms with Gasteiger partial charge in [-0.2, -0.15) is 0 Å². The number of carbonyl (C=O) groups is 1. The predicted octanol–water partition coefficient (Wildman–Crippen LogP) is 5.56. The van der Waals surface area contributed by atoms with E-state index >= 15 is 0 Å². The third-order valence-electron chi connectivity index (χ3n) is 10.0. The predicted molar refractivity (Wildman–Crippen MR) is 117 cm³/mol. The fourth-order valence-corrected chi connectivity index (χ4v) is 9.32. The van der Waals surface area contributed by atoms with E-state index in [2.05, 4.69) is 35.2 Å². The second-order valence-electron chi connectivity index (χ2n) is 11.9. The number of nitrogens with zero attached hydrogens (tertiary/aromatic N) is 1. The second kappa shape index (κ2) is 6.89. The van der Waals surface area contributed by atoms with Gasteiger partial charge in [-0.25, -0.2) is 0 Å². The molecular formula is C27H36FNO. The summed E-state index contributed by atoms with van der Waals surface area (Å²) in [5, 5.41) is 0. The number of piperidine rings is 3. The molecule has 3 saturated heterocycles. The summed E-state index contributed by atoms with van der Waals surface area (Å²) in [6.45, 7) is 3.37. The third-order valence-corrected chi connectivity index (χ3v) is 10.0. The molecule has 0 spiro atoms. The molecule has 30 heavy (non-hydrogen) atoms. The number of fused-ring (bicyclic) bond motifs is 3. The van der Waals surface area contributed by atoms with Crippen molar-refractivity contribution in [3.8, 4) is 0 Å². The van der Waals surface area contributed by atoms with Crippen LogP contribution < -0.4 is 0 Å². The quantitative estimate of drug-likeness (QED) is 0.613. The van der Waals surface area contributed by atoms with E-state index in [1.54, 1.807) is 0 Å². The highest BCUT2D eigenvalue weighted by molar-refractivity contribution is 5.86. The number of carbonyl (C=O) groups excluding carboxylic acids is 1. The van der Waals surface area contributed by atoms with Crippen molar-refractivity contribution >= 4 is 5.78 Å². The number of ketones is 1. The van der Waals surface area contributed by atoms with E-state index in [4.69, 9.17) is 0 Å². The summed E-state index contributed by atoms with van der Waals surface area (Å²) in [6.07, 6.45) is 10.5. The number of hydrogen-bond acceptors (Lipinski definition) is 2. The van der Waals surface area contributed by atoms with Gasteiger partial charge in [-0.15, -0.1) is 0 Å². The number of Topliss-reactive ketones (excluding diaryl/α,β-unsaturated/α-hetero) is 1. The van der Waals surface area contributed by atoms with Gasteiger partial charge in [0.25, 0.3) is 0 Å². The Morgan fingerprint density at radius 3 is 2.53 bits per heavy atom. The van der Waals surface area contributed by atoms with Crippen LogP contribution in [0.3, 0.4) is 0 Å². The van der Waals surface area contributed by atoms with Crippen molar-refractivity contribution in [1.82, 2.24) is 4.90 Å². The molecule has 3 heteroatoms. The lowest BCUT2D eigenvalue weighted by Gasteiger charge is -2.66. The van der Waals surface area contributed by atoms with Crippen molar-refractivity contribution in [3.05, 3.63) is 35.9 Å². The molecule has 162 valence electrons. The van der Waals surface area contributed by atoms with Gasteiger partial charge in [0.2, 0.25) is 0 Å². The SMILES string of the molecule is O=C(C[C@H]1CN2CCC1CC2)C12CC3C[C@@](CCF)(C1)C[C@](c1ccccc1)(C3)C2. The van der Waals surface area contributed by atoms with Crippen molar-refractivity contribution in [3.63, 3.8) is 0 Å². The van der Waals surface area contributed by atoms with Crippen molar-refractivity contribution in [2.45, 2.75) is 69.6 Å². The van der Waals surface area contributed by atoms with E-state index in [1.165, 1.54) is 37.9 Å². The largest absolute Gasteiger partial charge is 0.303 e. The highest BCUT2D eigenvalue weighted by atomic mass is 19.1. The van der Waals surface area contributed by atoms with Gasteiger partial charge in [0.1, 0.15) is 5.78 Å². The van der Waals surface area contributed by atoms with Gasteiger partial charge < -0.3 is 4.90 Å². The maximum absolute atomic E-state index is 14.0. The van der Waals surface area contributed by atoms with Crippen molar-refractivity contribution in [2.24, 2.45) is 28.6 Å². The minimum atomic E-state index is -0.235. The van der Waals surface area contributed by atoms with Crippen LogP contribution in [0.25, 0.3) is 0 Å². The molecule has 0 N–H and O–H groups in total. The van der Waals surface area contributed by atoms with E-state index in [0.717, 1.165) is 51.0 Å². The average molecular weight is 410 g/mol. The van der Waals surface area contributed by atoms with Crippen LogP contribution in [0, 0.1) is 28.6 Å². The van der Waals surface area contributed by atoms with E-state index < -0.39 is 0 Å². The fourth-order valence-electron chi connectivity index (χ4n) is 9.32. The zero-order valence-corrected chi connectivity index (χ0v) is 18.3. The van der Waals surface area contributed by atoms with E-state index in [0.29, 0.717) is 24.0 Å². The summed E-state index contributed by atoms with van der Waals surface area (Å²) in [5.41, 5.74) is 1.38. The van der Waals surface area contributed by atoms with Crippen LogP contribution in [0.5, 0.6) is 0 Å². The number of halogens is 1. The monoisotopic (exact) mass is 409 g/mol. The summed E-state index contributed by atoms with van der Waals surface area (Å²) in [5.74, 6) is 2.48. The second-order valence-corrected chi connectivity index (χ2v) is 11.9. The molecule has 4 aliphatic carbocycles. The van der Waals surface area contributed by atoms with Crippen LogP contribution >= 0.6 is 0 Å². The summed E-state index contributed by atoms with van der Waals surface area (Å²) >= 11 is 0. The summed E-state index contributed by atoms with van der Waals surface area (Å²) in [6, 6.07) is 11.0. The Morgan fingerprint density at radius 1 is 1.03 bits per heavy atom. The minimum absolute atomic E-state index is 0.0503. The first-order valence-corrected chi connectivity index (χ1v) is 12.4. The maximum atomic E-state index is 14.0. The van der Waals surface area contributed by atoms with E-state index in [1.807, 2.05) is 0 Å². The van der Waals surface area contributed by atoms with Gasteiger partial charge in [0, 0.05) is 18.4 Å². The highest BCUT2D eigenvalue weighted by Crippen LogP contribution is 2.71. The Balaban J connectivity index is 1.33. The molecule has 1 aromatic rings. The van der Waals surface area contributed by atoms with Crippen LogP contribution in [0.2, 0.25) is 0 Å². The molecule has 0 radical (unpaired) electrons. The Labute approximate surface area is 180 Å². The van der Waals surface area contributed by atoms with Gasteiger partial charge in [-0.05, 0) is 105 Å². The number of benzene rings is 1. The number of alkyl halides is 1. The molecule has 2 nitrogen and oxygen atoms in total. The lowest BCUT2D eigenvalue weighted by molar-refractivity contribution is -0.164. The molecule has 1 aromatic carbocycles. The van der Waals surface area contributed by atoms with Gasteiger partial charge in [-0.3, -0.25) is 9.18 Å². The van der Waals surface area contributed by atoms with Gasteiger partial charge in [-0.1, -0.05) is 30.3 Å². The van der Waals surface area contributed by atoms with Gasteiger partial charge in [0.15, 0.2) is 0 Å². The first kappa shape index (κ1) is 19.5. The molecule has 5 atom stereocenters. The third kappa shape index (κ3) is 2.94. The summed E-state index contributed by atoms with van der Waals surface area (Å²) < 4.78 is 13.7. The molecule has 2 unspecified atom stereocenters. The van der Waals surface area contributed by atoms with E-state index in [-0.39, 0.29) is 22.9 Å². The topological polar surface area (TPSA) is 20.3 Å². The number of rotatable bonds is 6. The summed E-state index contributed by atoms with van der Waals surface area (Å²) in [7, 11) is 0. The molecule has 3 heterocycles. The molecule has 0 aromatic heterocycles. The smallest absolute Gasteiger partial charge is 0.139 e. The molecule has 4 saturated carbocycles. The van der Waals surface area contributed by atoms with E-state index in [9.17, 15) is 9.18 Å². The average Bonchev–Trinajstić information content (AvgIpc) is 2.74. The Morgan fingerprint density at radius 2 is 1.83 bits per heavy atom. The fraction of sp³-hybridized carbons (Fsp3) is 0.741. The highest BCUT2D eigenvalue weighted by Gasteiger charge is 2.65. The van der Waals surface area contributed by atoms with Gasteiger partial charge >= 0.3 is 0 Å². The normalized spacial score (nSPS) is 46.3. The Kier molecular flexibility index (Phi) is 4.47. The van der Waals surface area contributed by atoms with Crippen LogP contribution in [0.4, 0.5) is 4.39 Å². The number of hydrogen-bond donors (Lipinski definition) is 0. The van der Waals surface area contributed by atoms with Crippen LogP contribution in [-0.2, 0) is 10.2 Å². The zero-order chi connectivity index (χ0) is 20.4. The first-order valence-electron chi connectivity index (χ1n) is 12.4. The molecular weight excluding hydrogens is 373 g/mol. The molecule has 7 fully saturated rings. The molecule has 6 bridgehead atoms. The van der Waals surface area contributed by atoms with Crippen molar-refractivity contribution in [2.75, 3.05) is 26.3 Å². The van der Waals surface area contributed by atoms with Crippen LogP contribution in [-0.4, -0.2) is 37.0 Å². The molecule has 3 aliphatic heterocycles. The van der Waals surface area contributed by atoms with Crippen LogP contribution in [0.1, 0.15) is 69.8 Å². The standard InChI is InChI=1S/C27H36FNO/c28-9-8-25-13-20-14-26(17-25,23-4-2-1-3-5-23)19-27(15-20,18-25)24(30)12-22-16-29-10-6-21(22)7-11-29/h1-5,20-22H,6-19H2/t20?,22-,25+,26+,27?/m0/s1. The lowest BCUT2D eigenvalue weighted by Crippen LogP contribution is -2.61. The Hall–Kier alpha value is -1.22. The molecule has 7 aliphatic rings.